The molecule has 2 atom stereocenters. The molecule has 0 bridgehead atoms. The first-order valence-corrected chi connectivity index (χ1v) is 16.2. The Morgan fingerprint density at radius 2 is 1.68 bits per heavy atom. The van der Waals surface area contributed by atoms with Gasteiger partial charge in [-0.25, -0.2) is 9.67 Å². The zero-order valence-corrected chi connectivity index (χ0v) is 27.2. The summed E-state index contributed by atoms with van der Waals surface area (Å²) < 4.78 is 3.15. The lowest BCUT2D eigenvalue weighted by molar-refractivity contribution is -0.132. The first-order valence-electron chi connectivity index (χ1n) is 16.2. The summed E-state index contributed by atoms with van der Waals surface area (Å²) in [6, 6.07) is 15.8. The van der Waals surface area contributed by atoms with Crippen LogP contribution in [0.2, 0.25) is 0 Å². The van der Waals surface area contributed by atoms with Crippen molar-refractivity contribution in [2.24, 2.45) is 5.92 Å². The van der Waals surface area contributed by atoms with Crippen LogP contribution in [0.25, 0.3) is 10.9 Å². The normalized spacial score (nSPS) is 19.0. The predicted molar refractivity (Wildman–Crippen MR) is 176 cm³/mol. The Balaban J connectivity index is 1.36. The van der Waals surface area contributed by atoms with Crippen LogP contribution in [0.5, 0.6) is 0 Å². The number of amides is 4. The second kappa shape index (κ2) is 15.5. The van der Waals surface area contributed by atoms with E-state index in [2.05, 4.69) is 31.1 Å². The van der Waals surface area contributed by atoms with Gasteiger partial charge in [-0.15, -0.1) is 0 Å². The first-order chi connectivity index (χ1) is 22.7. The molecule has 1 aliphatic rings. The molecule has 0 spiro atoms. The van der Waals surface area contributed by atoms with E-state index in [0.717, 1.165) is 16.5 Å². The number of hydrogen-bond acceptors (Lipinski definition) is 7. The minimum Gasteiger partial charge on any atom is -0.354 e. The van der Waals surface area contributed by atoms with E-state index in [4.69, 9.17) is 0 Å². The number of fused-ring (bicyclic) bond motifs is 2. The fourth-order valence-corrected chi connectivity index (χ4v) is 5.74. The van der Waals surface area contributed by atoms with Gasteiger partial charge in [0.2, 0.25) is 23.6 Å². The quantitative estimate of drug-likeness (QED) is 0.302. The van der Waals surface area contributed by atoms with Crippen LogP contribution in [0.3, 0.4) is 0 Å². The van der Waals surface area contributed by atoms with Gasteiger partial charge in [0.05, 0.1) is 11.6 Å². The van der Waals surface area contributed by atoms with Crippen molar-refractivity contribution in [1.82, 2.24) is 45.4 Å². The van der Waals surface area contributed by atoms with Crippen molar-refractivity contribution in [3.05, 3.63) is 78.0 Å². The third-order valence-electron chi connectivity index (χ3n) is 8.15. The highest BCUT2D eigenvalue weighted by atomic mass is 16.2. The van der Waals surface area contributed by atoms with Gasteiger partial charge in [0.25, 0.3) is 0 Å². The number of nitrogens with one attached hydrogen (secondary N) is 3. The molecule has 0 saturated heterocycles. The molecular weight excluding hydrogens is 598 g/mol. The average molecular weight is 642 g/mol. The van der Waals surface area contributed by atoms with E-state index < -0.39 is 12.1 Å². The fourth-order valence-electron chi connectivity index (χ4n) is 5.74. The second-order valence-corrected chi connectivity index (χ2v) is 12.3. The lowest BCUT2D eigenvalue weighted by atomic mass is 10.0. The molecule has 0 fully saturated rings. The van der Waals surface area contributed by atoms with Crippen LogP contribution in [-0.4, -0.2) is 78.7 Å². The summed E-state index contributed by atoms with van der Waals surface area (Å²) in [6.45, 7) is 6.71. The topological polar surface area (TPSA) is 156 Å². The van der Waals surface area contributed by atoms with Crippen molar-refractivity contribution in [3.63, 3.8) is 0 Å². The van der Waals surface area contributed by atoms with Crippen LogP contribution in [0.4, 0.5) is 0 Å². The van der Waals surface area contributed by atoms with Gasteiger partial charge < -0.3 is 20.9 Å². The minimum atomic E-state index is -0.850. The van der Waals surface area contributed by atoms with Crippen LogP contribution >= 0.6 is 0 Å². The molecule has 3 N–H and O–H groups in total. The van der Waals surface area contributed by atoms with E-state index in [1.165, 1.54) is 4.68 Å². The number of nitrogens with zero attached hydrogens (tertiary/aromatic N) is 6. The van der Waals surface area contributed by atoms with Gasteiger partial charge in [-0.3, -0.25) is 23.9 Å². The number of benzene rings is 2. The lowest BCUT2D eigenvalue weighted by Crippen LogP contribution is -2.50. The highest BCUT2D eigenvalue weighted by molar-refractivity contribution is 5.88. The number of hydrogen-bond donors (Lipinski definition) is 3. The molecular formula is C34H43N9O4. The predicted octanol–water partition coefficient (Wildman–Crippen LogP) is 2.31. The van der Waals surface area contributed by atoms with E-state index in [0.29, 0.717) is 50.5 Å². The fraction of sp³-hybridized carbons (Fsp3) is 0.441. The Labute approximate surface area is 274 Å². The highest BCUT2D eigenvalue weighted by Crippen LogP contribution is 2.21. The second-order valence-electron chi connectivity index (χ2n) is 12.3. The van der Waals surface area contributed by atoms with Gasteiger partial charge in [-0.05, 0) is 37.3 Å². The third kappa shape index (κ3) is 9.02. The van der Waals surface area contributed by atoms with Crippen LogP contribution in [0.1, 0.15) is 56.4 Å². The average Bonchev–Trinajstić information content (AvgIpc) is 3.62. The van der Waals surface area contributed by atoms with Gasteiger partial charge in [-0.2, -0.15) is 10.2 Å². The minimum absolute atomic E-state index is 0.0536. The number of aryl methyl sites for hydroxylation is 1. The summed E-state index contributed by atoms with van der Waals surface area (Å²) >= 11 is 0. The number of carbonyl (C=O) groups excluding carboxylic acids is 4. The summed E-state index contributed by atoms with van der Waals surface area (Å²) in [4.78, 5) is 59.8. The van der Waals surface area contributed by atoms with Crippen LogP contribution in [-0.2, 0) is 38.7 Å². The molecule has 2 aromatic carbocycles. The zero-order chi connectivity index (χ0) is 33.3. The molecule has 5 rings (SSSR count). The van der Waals surface area contributed by atoms with Crippen LogP contribution in [0.15, 0.2) is 60.8 Å². The Kier molecular flexibility index (Phi) is 11.0. The summed E-state index contributed by atoms with van der Waals surface area (Å²) in [6.07, 6.45) is 3.19. The molecule has 0 radical (unpaired) electrons. The molecule has 1 aliphatic heterocycles. The molecule has 248 valence electrons. The van der Waals surface area contributed by atoms with Crippen molar-refractivity contribution in [1.29, 1.82) is 0 Å². The molecule has 13 nitrogen and oxygen atoms in total. The lowest BCUT2D eigenvalue weighted by Gasteiger charge is -2.26. The third-order valence-corrected chi connectivity index (χ3v) is 8.15. The molecule has 0 unspecified atom stereocenters. The molecule has 47 heavy (non-hydrogen) atoms. The van der Waals surface area contributed by atoms with E-state index in [1.807, 2.05) is 74.6 Å². The maximum atomic E-state index is 13.8. The van der Waals surface area contributed by atoms with Gasteiger partial charge in [0, 0.05) is 44.1 Å². The van der Waals surface area contributed by atoms with Crippen LogP contribution in [0, 0.1) is 12.8 Å². The molecule has 0 aliphatic carbocycles. The van der Waals surface area contributed by atoms with Crippen LogP contribution < -0.4 is 16.0 Å². The monoisotopic (exact) mass is 641 g/mol. The Morgan fingerprint density at radius 3 is 2.45 bits per heavy atom. The van der Waals surface area contributed by atoms with Gasteiger partial charge in [0.1, 0.15) is 25.0 Å². The number of aromatic nitrogens is 5. The molecule has 13 heteroatoms. The summed E-state index contributed by atoms with van der Waals surface area (Å²) in [5.74, 6) is -0.153. The molecule has 4 amide bonds. The maximum Gasteiger partial charge on any atom is 0.244 e. The first kappa shape index (κ1) is 33.3. The van der Waals surface area contributed by atoms with Gasteiger partial charge >= 0.3 is 0 Å². The largest absolute Gasteiger partial charge is 0.354 e. The summed E-state index contributed by atoms with van der Waals surface area (Å²) in [5.41, 5.74) is 1.70. The van der Waals surface area contributed by atoms with E-state index in [9.17, 15) is 19.2 Å². The van der Waals surface area contributed by atoms with Crippen molar-refractivity contribution < 1.29 is 19.2 Å². The van der Waals surface area contributed by atoms with Gasteiger partial charge in [0.15, 0.2) is 5.82 Å². The molecule has 4 aromatic rings. The van der Waals surface area contributed by atoms with Crippen molar-refractivity contribution in [2.75, 3.05) is 19.6 Å². The maximum absolute atomic E-state index is 13.8. The van der Waals surface area contributed by atoms with Crippen molar-refractivity contribution in [3.8, 4) is 0 Å². The highest BCUT2D eigenvalue weighted by Gasteiger charge is 2.30. The van der Waals surface area contributed by atoms with E-state index in [1.54, 1.807) is 16.5 Å². The number of rotatable bonds is 5. The smallest absolute Gasteiger partial charge is 0.244 e. The summed E-state index contributed by atoms with van der Waals surface area (Å²) in [5, 5.41) is 18.8. The van der Waals surface area contributed by atoms with Crippen molar-refractivity contribution >= 4 is 34.5 Å². The van der Waals surface area contributed by atoms with Gasteiger partial charge in [-0.1, -0.05) is 62.4 Å². The standard InChI is InChI=1S/C34H43N9O4/c1-23(2)32-33-36-24(3)39-43(33)21-30(45)35-16-10-18-41(31(46)22-42-20-26-13-7-8-14-27(26)40-42)17-9-15-29(44)37-28(34(47)38-32)19-25-11-5-4-6-12-25/h4-8,11-14,20,23,28,32H,9-10,15-19,21-22H2,1-3H3,(H,35,45)(H,37,44)(H,38,47)/t28-,32+/m1/s1. The molecule has 2 aromatic heterocycles. The summed E-state index contributed by atoms with van der Waals surface area (Å²) in [7, 11) is 0. The van der Waals surface area contributed by atoms with E-state index in [-0.39, 0.29) is 49.1 Å². The molecule has 0 saturated carbocycles. The number of carbonyl (C=O) groups is 4. The van der Waals surface area contributed by atoms with E-state index >= 15 is 0 Å². The Bertz CT molecular complexity index is 1660. The molecule has 3 heterocycles. The Morgan fingerprint density at radius 1 is 0.936 bits per heavy atom. The Hall–Kier alpha value is -5.07. The van der Waals surface area contributed by atoms with Crippen molar-refractivity contribution in [2.45, 2.75) is 71.6 Å². The SMILES string of the molecule is Cc1nc2n(n1)CC(=O)NCCCN(C(=O)Cn1cc3ccccc3n1)CCCC(=O)N[C@H](Cc1ccccc1)C(=O)N[C@H]2C(C)C. The zero-order valence-electron chi connectivity index (χ0n) is 27.2.